The van der Waals surface area contributed by atoms with Gasteiger partial charge in [-0.1, -0.05) is 0 Å². The van der Waals surface area contributed by atoms with Crippen LogP contribution >= 0.6 is 0 Å². The summed E-state index contributed by atoms with van der Waals surface area (Å²) >= 11 is 0. The van der Waals surface area contributed by atoms with Gasteiger partial charge in [0.2, 0.25) is 0 Å². The van der Waals surface area contributed by atoms with Crippen molar-refractivity contribution < 1.29 is 13.6 Å². The summed E-state index contributed by atoms with van der Waals surface area (Å²) < 4.78 is 18.1. The molecule has 2 aromatic heterocycles. The van der Waals surface area contributed by atoms with E-state index in [0.717, 1.165) is 30.6 Å². The molecular weight excluding hydrogens is 333 g/mol. The van der Waals surface area contributed by atoms with E-state index in [2.05, 4.69) is 9.97 Å². The van der Waals surface area contributed by atoms with Gasteiger partial charge in [-0.3, -0.25) is 4.79 Å². The summed E-state index contributed by atoms with van der Waals surface area (Å²) in [6, 6.07) is 9.72. The lowest BCUT2D eigenvalue weighted by Crippen LogP contribution is -2.39. The first kappa shape index (κ1) is 16.4. The number of benzene rings is 1. The molecule has 1 aliphatic rings. The summed E-state index contributed by atoms with van der Waals surface area (Å²) in [6.45, 7) is 1.35. The number of nitrogens with zero attached hydrogens (tertiary/aromatic N) is 3. The number of hydrogen-bond acceptors (Lipinski definition) is 4. The number of aromatic nitrogens is 2. The number of carbonyl (C=O) groups excluding carboxylic acids is 1. The van der Waals surface area contributed by atoms with Crippen molar-refractivity contribution in [2.75, 3.05) is 13.1 Å². The summed E-state index contributed by atoms with van der Waals surface area (Å²) in [5.41, 5.74) is 2.25. The predicted molar refractivity (Wildman–Crippen MR) is 94.0 cm³/mol. The first-order valence-electron chi connectivity index (χ1n) is 8.61. The maximum atomic E-state index is 13.1. The van der Waals surface area contributed by atoms with Crippen molar-refractivity contribution >= 4 is 5.91 Å². The average molecular weight is 351 g/mol. The zero-order valence-corrected chi connectivity index (χ0v) is 14.1. The van der Waals surface area contributed by atoms with E-state index in [1.54, 1.807) is 24.4 Å². The highest BCUT2D eigenvalue weighted by Crippen LogP contribution is 2.27. The van der Waals surface area contributed by atoms with Crippen LogP contribution in [0.3, 0.4) is 0 Å². The Bertz CT molecular complexity index is 894. The van der Waals surface area contributed by atoms with E-state index in [-0.39, 0.29) is 17.6 Å². The van der Waals surface area contributed by atoms with E-state index in [1.807, 2.05) is 11.0 Å². The number of carbonyl (C=O) groups is 1. The minimum absolute atomic E-state index is 0.0173. The largest absolute Gasteiger partial charge is 0.472 e. The highest BCUT2D eigenvalue weighted by Gasteiger charge is 2.27. The van der Waals surface area contributed by atoms with Crippen molar-refractivity contribution in [3.05, 3.63) is 72.2 Å². The molecule has 0 saturated carbocycles. The Morgan fingerprint density at radius 2 is 2.04 bits per heavy atom. The molecule has 0 spiro atoms. The summed E-state index contributed by atoms with van der Waals surface area (Å²) in [5.74, 6) is 0.421. The molecule has 1 amide bonds. The second kappa shape index (κ2) is 7.07. The monoisotopic (exact) mass is 351 g/mol. The number of likely N-dealkylation sites (tertiary alicyclic amines) is 1. The van der Waals surface area contributed by atoms with Crippen LogP contribution < -0.4 is 0 Å². The van der Waals surface area contributed by atoms with Gasteiger partial charge in [-0.25, -0.2) is 14.4 Å². The number of amides is 1. The molecule has 5 nitrogen and oxygen atoms in total. The van der Waals surface area contributed by atoms with Gasteiger partial charge in [0, 0.05) is 36.5 Å². The van der Waals surface area contributed by atoms with Gasteiger partial charge in [-0.2, -0.15) is 0 Å². The van der Waals surface area contributed by atoms with Crippen molar-refractivity contribution in [1.29, 1.82) is 0 Å². The molecule has 0 aliphatic carbocycles. The minimum Gasteiger partial charge on any atom is -0.472 e. The third kappa shape index (κ3) is 3.35. The van der Waals surface area contributed by atoms with Crippen LogP contribution in [0, 0.1) is 5.82 Å². The first-order valence-corrected chi connectivity index (χ1v) is 8.61. The molecule has 1 fully saturated rings. The fraction of sp³-hybridized carbons (Fsp3) is 0.250. The maximum absolute atomic E-state index is 13.1. The summed E-state index contributed by atoms with van der Waals surface area (Å²) in [6.07, 6.45) is 6.59. The van der Waals surface area contributed by atoms with Gasteiger partial charge in [0.25, 0.3) is 5.91 Å². The first-order chi connectivity index (χ1) is 12.7. The van der Waals surface area contributed by atoms with Crippen molar-refractivity contribution in [3.8, 4) is 11.4 Å². The van der Waals surface area contributed by atoms with Gasteiger partial charge < -0.3 is 9.32 Å². The molecule has 3 aromatic rings. The molecule has 0 bridgehead atoms. The molecule has 26 heavy (non-hydrogen) atoms. The molecule has 6 heteroatoms. The van der Waals surface area contributed by atoms with Gasteiger partial charge in [-0.05, 0) is 49.2 Å². The molecule has 1 atom stereocenters. The normalized spacial score (nSPS) is 17.3. The number of rotatable bonds is 3. The zero-order chi connectivity index (χ0) is 17.9. The lowest BCUT2D eigenvalue weighted by molar-refractivity contribution is 0.0705. The van der Waals surface area contributed by atoms with Crippen LogP contribution in [0.15, 0.2) is 59.5 Å². The Morgan fingerprint density at radius 1 is 1.19 bits per heavy atom. The summed E-state index contributed by atoms with van der Waals surface area (Å²) in [4.78, 5) is 23.4. The maximum Gasteiger partial charge on any atom is 0.257 e. The highest BCUT2D eigenvalue weighted by atomic mass is 19.1. The number of halogens is 1. The van der Waals surface area contributed by atoms with Crippen LogP contribution in [-0.4, -0.2) is 33.9 Å². The van der Waals surface area contributed by atoms with Gasteiger partial charge in [0.1, 0.15) is 12.1 Å². The van der Waals surface area contributed by atoms with Crippen molar-refractivity contribution in [2.24, 2.45) is 0 Å². The highest BCUT2D eigenvalue weighted by molar-refractivity contribution is 5.93. The van der Waals surface area contributed by atoms with Crippen LogP contribution in [0.5, 0.6) is 0 Å². The predicted octanol–water partition coefficient (Wildman–Crippen LogP) is 3.90. The fourth-order valence-electron chi connectivity index (χ4n) is 3.31. The summed E-state index contributed by atoms with van der Waals surface area (Å²) in [7, 11) is 0. The number of furan rings is 1. The Morgan fingerprint density at radius 3 is 2.81 bits per heavy atom. The van der Waals surface area contributed by atoms with Crippen LogP contribution in [0.1, 0.15) is 34.8 Å². The van der Waals surface area contributed by atoms with Gasteiger partial charge in [0.05, 0.1) is 11.8 Å². The average Bonchev–Trinajstić information content (AvgIpc) is 3.23. The fourth-order valence-corrected chi connectivity index (χ4v) is 3.31. The topological polar surface area (TPSA) is 59.2 Å². The third-order valence-corrected chi connectivity index (χ3v) is 4.67. The molecule has 0 radical (unpaired) electrons. The molecule has 1 saturated heterocycles. The summed E-state index contributed by atoms with van der Waals surface area (Å²) in [5, 5.41) is 0. The third-order valence-electron chi connectivity index (χ3n) is 4.67. The van der Waals surface area contributed by atoms with Gasteiger partial charge >= 0.3 is 0 Å². The van der Waals surface area contributed by atoms with Crippen LogP contribution in [-0.2, 0) is 0 Å². The van der Waals surface area contributed by atoms with E-state index in [4.69, 9.17) is 4.42 Å². The Hall–Kier alpha value is -3.02. The van der Waals surface area contributed by atoms with Crippen LogP contribution in [0.4, 0.5) is 4.39 Å². The SMILES string of the molecule is O=C(c1ccoc1)N1CCC[C@H](c2ccnc(-c3ccc(F)cc3)n2)C1. The Kier molecular flexibility index (Phi) is 4.48. The van der Waals surface area contributed by atoms with Crippen molar-refractivity contribution in [2.45, 2.75) is 18.8 Å². The smallest absolute Gasteiger partial charge is 0.257 e. The van der Waals surface area contributed by atoms with Crippen molar-refractivity contribution in [3.63, 3.8) is 0 Å². The van der Waals surface area contributed by atoms with Gasteiger partial charge in [-0.15, -0.1) is 0 Å². The Balaban J connectivity index is 1.54. The van der Waals surface area contributed by atoms with E-state index >= 15 is 0 Å². The van der Waals surface area contributed by atoms with E-state index in [1.165, 1.54) is 24.7 Å². The molecule has 0 N–H and O–H groups in total. The molecule has 1 aliphatic heterocycles. The minimum atomic E-state index is -0.286. The zero-order valence-electron chi connectivity index (χ0n) is 14.1. The quantitative estimate of drug-likeness (QED) is 0.718. The number of hydrogen-bond donors (Lipinski definition) is 0. The van der Waals surface area contributed by atoms with E-state index in [0.29, 0.717) is 17.9 Å². The molecule has 4 rings (SSSR count). The number of piperidine rings is 1. The van der Waals surface area contributed by atoms with E-state index < -0.39 is 0 Å². The molecule has 3 heterocycles. The second-order valence-corrected chi connectivity index (χ2v) is 6.41. The second-order valence-electron chi connectivity index (χ2n) is 6.41. The van der Waals surface area contributed by atoms with Crippen LogP contribution in [0.2, 0.25) is 0 Å². The molecule has 1 aromatic carbocycles. The molecule has 0 unspecified atom stereocenters. The molecule has 132 valence electrons. The van der Waals surface area contributed by atoms with Crippen LogP contribution in [0.25, 0.3) is 11.4 Å². The van der Waals surface area contributed by atoms with E-state index in [9.17, 15) is 9.18 Å². The van der Waals surface area contributed by atoms with Gasteiger partial charge in [0.15, 0.2) is 5.82 Å². The lowest BCUT2D eigenvalue weighted by atomic mass is 9.94. The molecular formula is C20H18FN3O2. The standard InChI is InChI=1S/C20H18FN3O2/c21-17-5-3-14(4-6-17)19-22-9-7-18(23-19)15-2-1-10-24(12-15)20(25)16-8-11-26-13-16/h3-9,11,13,15H,1-2,10,12H2/t15-/m0/s1. The Labute approximate surface area is 150 Å². The lowest BCUT2D eigenvalue weighted by Gasteiger charge is -2.32. The van der Waals surface area contributed by atoms with Crippen molar-refractivity contribution in [1.82, 2.24) is 14.9 Å².